The van der Waals surface area contributed by atoms with Crippen molar-refractivity contribution >= 4 is 11.7 Å². The zero-order valence-electron chi connectivity index (χ0n) is 17.6. The first-order chi connectivity index (χ1) is 14.3. The maximum absolute atomic E-state index is 10.4. The van der Waals surface area contributed by atoms with E-state index in [9.17, 15) is 10.2 Å². The first-order valence-electron chi connectivity index (χ1n) is 9.92. The minimum absolute atomic E-state index is 0.00166. The van der Waals surface area contributed by atoms with Gasteiger partial charge in [0.1, 0.15) is 23.2 Å². The maximum Gasteiger partial charge on any atom is 0.170 e. The molecule has 3 N–H and O–H groups in total. The number of amidine groups is 2. The summed E-state index contributed by atoms with van der Waals surface area (Å²) in [5.74, 6) is 1.17. The summed E-state index contributed by atoms with van der Waals surface area (Å²) in [5, 5.41) is 23.4. The third kappa shape index (κ3) is 3.66. The number of nitrogens with zero attached hydrogens (tertiary/aromatic N) is 2. The molecule has 0 aliphatic carbocycles. The molecule has 1 aliphatic heterocycles. The molecule has 0 saturated carbocycles. The van der Waals surface area contributed by atoms with Gasteiger partial charge in [0.2, 0.25) is 0 Å². The Bertz CT molecular complexity index is 1190. The van der Waals surface area contributed by atoms with Crippen LogP contribution < -0.4 is 5.32 Å². The van der Waals surface area contributed by atoms with Gasteiger partial charge in [0.25, 0.3) is 0 Å². The molecule has 1 atom stereocenters. The van der Waals surface area contributed by atoms with Crippen molar-refractivity contribution in [2.24, 2.45) is 9.98 Å². The topological polar surface area (TPSA) is 77.2 Å². The summed E-state index contributed by atoms with van der Waals surface area (Å²) in [6.45, 7) is 8.30. The molecule has 3 aromatic rings. The fourth-order valence-electron chi connectivity index (χ4n) is 3.54. The van der Waals surface area contributed by atoms with Gasteiger partial charge in [0, 0.05) is 17.2 Å². The number of benzene rings is 3. The monoisotopic (exact) mass is 399 g/mol. The second kappa shape index (κ2) is 7.67. The number of phenols is 2. The number of nitrogens with one attached hydrogen (secondary N) is 1. The van der Waals surface area contributed by atoms with Crippen LogP contribution >= 0.6 is 0 Å². The van der Waals surface area contributed by atoms with E-state index in [0.717, 1.165) is 16.7 Å². The van der Waals surface area contributed by atoms with Crippen LogP contribution in [0, 0.1) is 27.7 Å². The van der Waals surface area contributed by atoms with E-state index in [1.165, 1.54) is 28.8 Å². The lowest BCUT2D eigenvalue weighted by molar-refractivity contribution is 0.449. The lowest BCUT2D eigenvalue weighted by Gasteiger charge is -2.24. The van der Waals surface area contributed by atoms with Crippen LogP contribution in [0.3, 0.4) is 0 Å². The number of phenolic OH excluding ortho intramolecular Hbond substituents is 2. The quantitative estimate of drug-likeness (QED) is 0.590. The van der Waals surface area contributed by atoms with Crippen molar-refractivity contribution in [2.45, 2.75) is 33.9 Å². The van der Waals surface area contributed by atoms with Crippen molar-refractivity contribution in [3.05, 3.63) is 93.5 Å². The smallest absolute Gasteiger partial charge is 0.170 e. The van der Waals surface area contributed by atoms with Crippen molar-refractivity contribution in [1.82, 2.24) is 5.32 Å². The van der Waals surface area contributed by atoms with Gasteiger partial charge >= 0.3 is 0 Å². The lowest BCUT2D eigenvalue weighted by Crippen LogP contribution is -2.36. The van der Waals surface area contributed by atoms with Gasteiger partial charge in [-0.05, 0) is 68.1 Å². The predicted molar refractivity (Wildman–Crippen MR) is 121 cm³/mol. The average Bonchev–Trinajstić information content (AvgIpc) is 2.71. The number of aromatic hydroxyl groups is 2. The molecule has 1 aliphatic rings. The Morgan fingerprint density at radius 2 is 1.53 bits per heavy atom. The molecule has 0 saturated heterocycles. The Labute approximate surface area is 176 Å². The van der Waals surface area contributed by atoms with Crippen molar-refractivity contribution in [3.8, 4) is 11.5 Å². The highest BCUT2D eigenvalue weighted by Gasteiger charge is 2.23. The van der Waals surface area contributed by atoms with Crippen molar-refractivity contribution in [2.75, 3.05) is 0 Å². The summed E-state index contributed by atoms with van der Waals surface area (Å²) in [4.78, 5) is 9.71. The zero-order valence-corrected chi connectivity index (χ0v) is 17.6. The Hall–Kier alpha value is -3.60. The second-order valence-electron chi connectivity index (χ2n) is 7.74. The van der Waals surface area contributed by atoms with Gasteiger partial charge in [-0.1, -0.05) is 30.3 Å². The summed E-state index contributed by atoms with van der Waals surface area (Å²) in [6.07, 6.45) is -0.439. The third-order valence-corrected chi connectivity index (χ3v) is 5.68. The second-order valence-corrected chi connectivity index (χ2v) is 7.74. The van der Waals surface area contributed by atoms with Crippen LogP contribution in [0.1, 0.15) is 45.1 Å². The van der Waals surface area contributed by atoms with Gasteiger partial charge in [-0.3, -0.25) is 0 Å². The summed E-state index contributed by atoms with van der Waals surface area (Å²) in [6, 6.07) is 16.8. The van der Waals surface area contributed by atoms with E-state index in [1.54, 1.807) is 6.07 Å². The summed E-state index contributed by atoms with van der Waals surface area (Å²) in [7, 11) is 0. The molecule has 5 heteroatoms. The molecule has 1 heterocycles. The third-order valence-electron chi connectivity index (χ3n) is 5.68. The molecule has 0 radical (unpaired) electrons. The fraction of sp³-hybridized carbons (Fsp3) is 0.200. The van der Waals surface area contributed by atoms with E-state index in [2.05, 4.69) is 51.2 Å². The molecule has 3 aromatic carbocycles. The van der Waals surface area contributed by atoms with Crippen molar-refractivity contribution in [1.29, 1.82) is 0 Å². The number of hydrogen-bond acceptors (Lipinski definition) is 5. The minimum atomic E-state index is -0.439. The molecule has 5 nitrogen and oxygen atoms in total. The first-order valence-corrected chi connectivity index (χ1v) is 9.92. The molecule has 0 amide bonds. The normalized spacial score (nSPS) is 15.9. The van der Waals surface area contributed by atoms with Gasteiger partial charge in [0.05, 0.1) is 5.56 Å². The first kappa shape index (κ1) is 19.7. The van der Waals surface area contributed by atoms with Crippen LogP contribution in [0.4, 0.5) is 0 Å². The highest BCUT2D eigenvalue weighted by atomic mass is 16.3. The molecule has 0 fully saturated rings. The molecule has 0 bridgehead atoms. The van der Waals surface area contributed by atoms with E-state index < -0.39 is 6.17 Å². The number of aliphatic imine (C=N–C) groups is 2. The molecule has 0 spiro atoms. The molecular formula is C25H25N3O2. The largest absolute Gasteiger partial charge is 0.508 e. The van der Waals surface area contributed by atoms with Crippen LogP contribution in [0.15, 0.2) is 64.6 Å². The van der Waals surface area contributed by atoms with Gasteiger partial charge in [-0.15, -0.1) is 0 Å². The highest BCUT2D eigenvalue weighted by molar-refractivity contribution is 6.16. The lowest BCUT2D eigenvalue weighted by atomic mass is 10.0. The standard InChI is InChI=1S/C25H25N3O2/c1-14-8-9-18(12-16(14)3)23-26-24(20-7-5-6-15(2)17(20)4)28-25(27-23)21-11-10-19(29)13-22(21)30/h5-13,24,29-30H,1-4H3,(H,26,27,28). The predicted octanol–water partition coefficient (Wildman–Crippen LogP) is 4.83. The molecule has 0 aromatic heterocycles. The molecular weight excluding hydrogens is 374 g/mol. The molecule has 1 unspecified atom stereocenters. The Balaban J connectivity index is 1.86. The number of aryl methyl sites for hydroxylation is 3. The summed E-state index contributed by atoms with van der Waals surface area (Å²) >= 11 is 0. The minimum Gasteiger partial charge on any atom is -0.508 e. The van der Waals surface area contributed by atoms with Crippen LogP contribution in [0.25, 0.3) is 0 Å². The van der Waals surface area contributed by atoms with Crippen LogP contribution in [0.5, 0.6) is 11.5 Å². The van der Waals surface area contributed by atoms with E-state index in [4.69, 9.17) is 9.98 Å². The van der Waals surface area contributed by atoms with Gasteiger partial charge < -0.3 is 15.5 Å². The zero-order chi connectivity index (χ0) is 21.4. The Morgan fingerprint density at radius 1 is 0.767 bits per heavy atom. The van der Waals surface area contributed by atoms with Crippen molar-refractivity contribution < 1.29 is 10.2 Å². The number of hydrogen-bond donors (Lipinski definition) is 3. The van der Waals surface area contributed by atoms with Crippen LogP contribution in [-0.4, -0.2) is 21.9 Å². The highest BCUT2D eigenvalue weighted by Crippen LogP contribution is 2.30. The van der Waals surface area contributed by atoms with E-state index in [1.807, 2.05) is 18.2 Å². The fourth-order valence-corrected chi connectivity index (χ4v) is 3.54. The molecule has 4 rings (SSSR count). The van der Waals surface area contributed by atoms with Gasteiger partial charge in [-0.25, -0.2) is 9.98 Å². The van der Waals surface area contributed by atoms with E-state index >= 15 is 0 Å². The molecule has 30 heavy (non-hydrogen) atoms. The van der Waals surface area contributed by atoms with Crippen molar-refractivity contribution in [3.63, 3.8) is 0 Å². The van der Waals surface area contributed by atoms with Crippen LogP contribution in [-0.2, 0) is 0 Å². The SMILES string of the molecule is Cc1ccc(C2=NC(c3cccc(C)c3C)N=C(c3ccc(O)cc3O)N2)cc1C. The summed E-state index contributed by atoms with van der Waals surface area (Å²) in [5.41, 5.74) is 7.21. The van der Waals surface area contributed by atoms with E-state index in [0.29, 0.717) is 17.2 Å². The van der Waals surface area contributed by atoms with Gasteiger partial charge in [-0.2, -0.15) is 0 Å². The summed E-state index contributed by atoms with van der Waals surface area (Å²) < 4.78 is 0. The van der Waals surface area contributed by atoms with Crippen LogP contribution in [0.2, 0.25) is 0 Å². The Kier molecular flexibility index (Phi) is 5.04. The molecule has 152 valence electrons. The van der Waals surface area contributed by atoms with Gasteiger partial charge in [0.15, 0.2) is 6.17 Å². The maximum atomic E-state index is 10.4. The average molecular weight is 399 g/mol. The number of rotatable bonds is 3. The Morgan fingerprint density at radius 3 is 2.27 bits per heavy atom. The van der Waals surface area contributed by atoms with E-state index in [-0.39, 0.29) is 11.5 Å².